The third-order valence-electron chi connectivity index (χ3n) is 4.35. The normalized spacial score (nSPS) is 15.2. The van der Waals surface area contributed by atoms with Crippen LogP contribution in [0.15, 0.2) is 34.2 Å². The summed E-state index contributed by atoms with van der Waals surface area (Å²) in [6.45, 7) is 5.57. The number of nitrogens with zero attached hydrogens (tertiary/aromatic N) is 3. The van der Waals surface area contributed by atoms with E-state index in [-0.39, 0.29) is 12.5 Å². The van der Waals surface area contributed by atoms with E-state index in [4.69, 9.17) is 0 Å². The molecule has 0 aliphatic carbocycles. The fraction of sp³-hybridized carbons (Fsp3) is 0.579. The predicted molar refractivity (Wildman–Crippen MR) is 106 cm³/mol. The van der Waals surface area contributed by atoms with Crippen LogP contribution in [0.3, 0.4) is 0 Å². The molecule has 1 amide bonds. The molecule has 1 aromatic carbocycles. The number of nitrogens with one attached hydrogen (secondary N) is 1. The van der Waals surface area contributed by atoms with Gasteiger partial charge in [-0.1, -0.05) is 12.1 Å². The fourth-order valence-electron chi connectivity index (χ4n) is 2.94. The number of amides is 1. The Balaban J connectivity index is 1.95. The minimum atomic E-state index is 0.132. The molecule has 0 radical (unpaired) electrons. The van der Waals surface area contributed by atoms with Crippen LogP contribution in [0.1, 0.15) is 31.7 Å². The summed E-state index contributed by atoms with van der Waals surface area (Å²) in [6, 6.07) is 8.56. The smallest absolute Gasteiger partial charge is 0.244 e. The first kappa shape index (κ1) is 19.6. The molecule has 138 valence electrons. The monoisotopic (exact) mass is 362 g/mol. The second kappa shape index (κ2) is 10.3. The highest BCUT2D eigenvalue weighted by Crippen LogP contribution is 2.15. The highest BCUT2D eigenvalue weighted by molar-refractivity contribution is 7.98. The SMILES string of the molecule is CCNC(=NCC(=O)N1CCCCC1)N(C)Cc1ccc(SC)cc1. The van der Waals surface area contributed by atoms with Crippen molar-refractivity contribution in [3.05, 3.63) is 29.8 Å². The van der Waals surface area contributed by atoms with Crippen molar-refractivity contribution in [3.63, 3.8) is 0 Å². The van der Waals surface area contributed by atoms with Crippen molar-refractivity contribution in [1.82, 2.24) is 15.1 Å². The van der Waals surface area contributed by atoms with Crippen LogP contribution >= 0.6 is 11.8 Å². The number of hydrogen-bond donors (Lipinski definition) is 1. The number of hydrogen-bond acceptors (Lipinski definition) is 3. The summed E-state index contributed by atoms with van der Waals surface area (Å²) in [4.78, 5) is 22.2. The van der Waals surface area contributed by atoms with Gasteiger partial charge in [0, 0.05) is 38.1 Å². The van der Waals surface area contributed by atoms with Crippen LogP contribution in [0.2, 0.25) is 0 Å². The Labute approximate surface area is 155 Å². The lowest BCUT2D eigenvalue weighted by molar-refractivity contribution is -0.130. The molecule has 1 aliphatic rings. The van der Waals surface area contributed by atoms with E-state index in [1.807, 2.05) is 18.9 Å². The number of aliphatic imine (C=N–C) groups is 1. The maximum atomic E-state index is 12.3. The highest BCUT2D eigenvalue weighted by Gasteiger charge is 2.16. The lowest BCUT2D eigenvalue weighted by atomic mass is 10.1. The number of thioether (sulfide) groups is 1. The number of likely N-dealkylation sites (tertiary alicyclic amines) is 1. The first-order chi connectivity index (χ1) is 12.1. The van der Waals surface area contributed by atoms with Gasteiger partial charge in [-0.15, -0.1) is 11.8 Å². The molecule has 0 spiro atoms. The lowest BCUT2D eigenvalue weighted by Crippen LogP contribution is -2.41. The quantitative estimate of drug-likeness (QED) is 0.480. The zero-order valence-electron chi connectivity index (χ0n) is 15.6. The minimum absolute atomic E-state index is 0.132. The molecule has 6 heteroatoms. The van der Waals surface area contributed by atoms with Crippen molar-refractivity contribution in [2.45, 2.75) is 37.6 Å². The molecule has 0 saturated carbocycles. The van der Waals surface area contributed by atoms with Crippen LogP contribution in [-0.2, 0) is 11.3 Å². The van der Waals surface area contributed by atoms with Gasteiger partial charge in [0.2, 0.25) is 5.91 Å². The van der Waals surface area contributed by atoms with Crippen molar-refractivity contribution in [2.24, 2.45) is 4.99 Å². The Kier molecular flexibility index (Phi) is 8.12. The maximum Gasteiger partial charge on any atom is 0.244 e. The van der Waals surface area contributed by atoms with Crippen LogP contribution in [0, 0.1) is 0 Å². The maximum absolute atomic E-state index is 12.3. The summed E-state index contributed by atoms with van der Waals surface area (Å²) < 4.78 is 0. The molecule has 0 atom stereocenters. The Morgan fingerprint density at radius 3 is 2.52 bits per heavy atom. The lowest BCUT2D eigenvalue weighted by Gasteiger charge is -2.27. The molecule has 0 unspecified atom stereocenters. The molecular formula is C19H30N4OS. The van der Waals surface area contributed by atoms with E-state index in [0.717, 1.165) is 45.0 Å². The summed E-state index contributed by atoms with van der Waals surface area (Å²) in [6.07, 6.45) is 5.53. The second-order valence-electron chi connectivity index (χ2n) is 6.32. The van der Waals surface area contributed by atoms with E-state index in [0.29, 0.717) is 0 Å². The summed E-state index contributed by atoms with van der Waals surface area (Å²) in [5.41, 5.74) is 1.23. The number of guanidine groups is 1. The van der Waals surface area contributed by atoms with E-state index in [9.17, 15) is 4.79 Å². The van der Waals surface area contributed by atoms with Gasteiger partial charge in [0.05, 0.1) is 0 Å². The van der Waals surface area contributed by atoms with Crippen LogP contribution in [0.4, 0.5) is 0 Å². The van der Waals surface area contributed by atoms with Gasteiger partial charge in [-0.2, -0.15) is 0 Å². The van der Waals surface area contributed by atoms with Crippen LogP contribution in [0.25, 0.3) is 0 Å². The number of piperidine rings is 1. The van der Waals surface area contributed by atoms with Crippen LogP contribution in [-0.4, -0.2) is 61.1 Å². The van der Waals surface area contributed by atoms with Crippen LogP contribution in [0.5, 0.6) is 0 Å². The zero-order chi connectivity index (χ0) is 18.1. The van der Waals surface area contributed by atoms with E-state index >= 15 is 0 Å². The summed E-state index contributed by atoms with van der Waals surface area (Å²) in [5, 5.41) is 3.28. The first-order valence-electron chi connectivity index (χ1n) is 9.04. The van der Waals surface area contributed by atoms with Gasteiger partial charge < -0.3 is 15.1 Å². The zero-order valence-corrected chi connectivity index (χ0v) is 16.4. The number of benzene rings is 1. The topological polar surface area (TPSA) is 47.9 Å². The molecule has 1 N–H and O–H groups in total. The molecule has 0 aromatic heterocycles. The number of carbonyl (C=O) groups is 1. The number of rotatable bonds is 6. The Morgan fingerprint density at radius 2 is 1.92 bits per heavy atom. The van der Waals surface area contributed by atoms with E-state index in [1.165, 1.54) is 16.9 Å². The molecule has 1 heterocycles. The molecule has 25 heavy (non-hydrogen) atoms. The molecule has 1 saturated heterocycles. The largest absolute Gasteiger partial charge is 0.357 e. The van der Waals surface area contributed by atoms with E-state index in [1.54, 1.807) is 11.8 Å². The van der Waals surface area contributed by atoms with Crippen molar-refractivity contribution in [2.75, 3.05) is 39.5 Å². The Hall–Kier alpha value is -1.69. The molecule has 1 aliphatic heterocycles. The van der Waals surface area contributed by atoms with E-state index < -0.39 is 0 Å². The molecular weight excluding hydrogens is 332 g/mol. The summed E-state index contributed by atoms with van der Waals surface area (Å²) >= 11 is 1.74. The van der Waals surface area contributed by atoms with Gasteiger partial charge in [0.25, 0.3) is 0 Å². The molecule has 5 nitrogen and oxygen atoms in total. The van der Waals surface area contributed by atoms with E-state index in [2.05, 4.69) is 45.7 Å². The van der Waals surface area contributed by atoms with Crippen molar-refractivity contribution in [3.8, 4) is 0 Å². The van der Waals surface area contributed by atoms with Crippen molar-refractivity contribution < 1.29 is 4.79 Å². The second-order valence-corrected chi connectivity index (χ2v) is 7.20. The summed E-state index contributed by atoms with van der Waals surface area (Å²) in [5.74, 6) is 0.912. The fourth-order valence-corrected chi connectivity index (χ4v) is 3.34. The molecule has 0 bridgehead atoms. The third-order valence-corrected chi connectivity index (χ3v) is 5.09. The standard InChI is InChI=1S/C19H30N4OS/c1-4-20-19(21-14-18(24)23-12-6-5-7-13-23)22(2)15-16-8-10-17(25-3)11-9-16/h8-11H,4-7,12-15H2,1-3H3,(H,20,21). The van der Waals surface area contributed by atoms with Gasteiger partial charge in [-0.05, 0) is 50.1 Å². The van der Waals surface area contributed by atoms with Gasteiger partial charge in [0.1, 0.15) is 6.54 Å². The van der Waals surface area contributed by atoms with Gasteiger partial charge in [-0.25, -0.2) is 4.99 Å². The van der Waals surface area contributed by atoms with Crippen molar-refractivity contribution in [1.29, 1.82) is 0 Å². The average molecular weight is 363 g/mol. The number of carbonyl (C=O) groups excluding carboxylic acids is 1. The first-order valence-corrected chi connectivity index (χ1v) is 10.3. The molecule has 2 rings (SSSR count). The van der Waals surface area contributed by atoms with Crippen molar-refractivity contribution >= 4 is 23.6 Å². The Morgan fingerprint density at radius 1 is 1.24 bits per heavy atom. The minimum Gasteiger partial charge on any atom is -0.357 e. The Bertz CT molecular complexity index is 567. The molecule has 1 aromatic rings. The van der Waals surface area contributed by atoms with Gasteiger partial charge >= 0.3 is 0 Å². The third kappa shape index (κ3) is 6.27. The molecule has 1 fully saturated rings. The average Bonchev–Trinajstić information content (AvgIpc) is 2.66. The predicted octanol–water partition coefficient (Wildman–Crippen LogP) is 2.82. The van der Waals surface area contributed by atoms with Gasteiger partial charge in [-0.3, -0.25) is 4.79 Å². The highest BCUT2D eigenvalue weighted by atomic mass is 32.2. The van der Waals surface area contributed by atoms with Gasteiger partial charge in [0.15, 0.2) is 5.96 Å². The summed E-state index contributed by atoms with van der Waals surface area (Å²) in [7, 11) is 2.01. The van der Waals surface area contributed by atoms with Crippen LogP contribution < -0.4 is 5.32 Å².